The Kier molecular flexibility index (Phi) is 6.34. The van der Waals surface area contributed by atoms with Gasteiger partial charge >= 0.3 is 0 Å². The van der Waals surface area contributed by atoms with Gasteiger partial charge in [0.15, 0.2) is 0 Å². The molecule has 1 aromatic carbocycles. The van der Waals surface area contributed by atoms with E-state index < -0.39 is 10.0 Å². The second kappa shape index (κ2) is 8.57. The number of rotatable bonds is 5. The first-order chi connectivity index (χ1) is 13.0. The molecule has 1 heterocycles. The Morgan fingerprint density at radius 2 is 1.70 bits per heavy atom. The third-order valence-corrected chi connectivity index (χ3v) is 10.8. The lowest BCUT2D eigenvalue weighted by atomic mass is 9.96. The van der Waals surface area contributed by atoms with Crippen LogP contribution in [0.5, 0.6) is 0 Å². The fourth-order valence-corrected chi connectivity index (χ4v) is 9.15. The summed E-state index contributed by atoms with van der Waals surface area (Å²) in [5, 5.41) is 0.983. The van der Waals surface area contributed by atoms with Crippen LogP contribution in [0.1, 0.15) is 64.2 Å². The first-order valence-electron chi connectivity index (χ1n) is 9.81. The van der Waals surface area contributed by atoms with Crippen molar-refractivity contribution in [2.75, 3.05) is 0 Å². The Morgan fingerprint density at radius 1 is 1.04 bits per heavy atom. The molecule has 2 fully saturated rings. The molecule has 2 saturated carbocycles. The van der Waals surface area contributed by atoms with Crippen molar-refractivity contribution in [2.45, 2.75) is 79.8 Å². The molecule has 0 bridgehead atoms. The van der Waals surface area contributed by atoms with Crippen LogP contribution in [0, 0.1) is 0 Å². The van der Waals surface area contributed by atoms with E-state index >= 15 is 0 Å². The summed E-state index contributed by atoms with van der Waals surface area (Å²) in [6.07, 6.45) is 11.2. The Hall–Kier alpha value is -0.340. The first kappa shape index (κ1) is 20.0. The number of fused-ring (bicyclic) bond motifs is 1. The van der Waals surface area contributed by atoms with Crippen molar-refractivity contribution in [1.29, 1.82) is 0 Å². The van der Waals surface area contributed by atoms with E-state index in [1.807, 2.05) is 6.07 Å². The molecular weight excluding hydrogens is 420 g/mol. The summed E-state index contributed by atoms with van der Waals surface area (Å²) in [7, 11) is -3.61. The molecule has 8 heteroatoms. The Balaban J connectivity index is 1.66. The maximum absolute atomic E-state index is 13.6. The number of hydrogen-bond donors (Lipinski definition) is 0. The predicted octanol–water partition coefficient (Wildman–Crippen LogP) is 6.25. The fraction of sp³-hybridized carbons (Fsp3) is 0.632. The molecule has 2 aromatic rings. The third kappa shape index (κ3) is 4.47. The van der Waals surface area contributed by atoms with Crippen molar-refractivity contribution in [3.63, 3.8) is 0 Å². The van der Waals surface area contributed by atoms with E-state index in [4.69, 9.17) is 11.6 Å². The number of halogens is 1. The second-order valence-corrected chi connectivity index (χ2v) is 12.5. The first-order valence-corrected chi connectivity index (χ1v) is 13.3. The Bertz CT molecular complexity index is 887. The maximum atomic E-state index is 13.6. The van der Waals surface area contributed by atoms with Crippen molar-refractivity contribution in [2.24, 2.45) is 0 Å². The van der Waals surface area contributed by atoms with E-state index in [1.165, 1.54) is 37.0 Å². The van der Waals surface area contributed by atoms with Gasteiger partial charge in [-0.2, -0.15) is 0 Å². The van der Waals surface area contributed by atoms with E-state index in [9.17, 15) is 8.42 Å². The highest BCUT2D eigenvalue weighted by Gasteiger charge is 2.37. The molecule has 2 aliphatic carbocycles. The fourth-order valence-electron chi connectivity index (χ4n) is 4.02. The highest BCUT2D eigenvalue weighted by Crippen LogP contribution is 2.40. The SMILES string of the molecule is O=S(=O)(c1nc2cc(Cl)ccc2s1)N(SC1CCCCC1)C1CCCCC1. The summed E-state index contributed by atoms with van der Waals surface area (Å²) in [5.74, 6) is 0. The molecule has 0 saturated heterocycles. The standard InChI is InChI=1S/C19H25ClN2O2S3/c20-14-11-12-18-17(13-14)21-19(25-18)27(23,24)22(15-7-3-1-4-8-15)26-16-9-5-2-6-10-16/h11-13,15-16H,1-10H2. The normalized spacial score (nSPS) is 20.5. The zero-order valence-electron chi connectivity index (χ0n) is 15.3. The molecule has 0 unspecified atom stereocenters. The van der Waals surface area contributed by atoms with Crippen LogP contribution in [0.4, 0.5) is 0 Å². The average Bonchev–Trinajstić information content (AvgIpc) is 3.11. The quantitative estimate of drug-likeness (QED) is 0.511. The lowest BCUT2D eigenvalue weighted by Gasteiger charge is -2.34. The molecule has 0 atom stereocenters. The van der Waals surface area contributed by atoms with Crippen LogP contribution < -0.4 is 0 Å². The molecule has 148 valence electrons. The van der Waals surface area contributed by atoms with E-state index in [0.29, 0.717) is 15.8 Å². The van der Waals surface area contributed by atoms with E-state index in [0.717, 1.165) is 43.2 Å². The zero-order valence-corrected chi connectivity index (χ0v) is 18.5. The van der Waals surface area contributed by atoms with Crippen molar-refractivity contribution >= 4 is 55.1 Å². The van der Waals surface area contributed by atoms with Gasteiger partial charge in [0.05, 0.1) is 10.2 Å². The van der Waals surface area contributed by atoms with Crippen molar-refractivity contribution in [1.82, 2.24) is 8.69 Å². The number of aromatic nitrogens is 1. The molecule has 4 nitrogen and oxygen atoms in total. The molecule has 2 aliphatic rings. The molecule has 0 N–H and O–H groups in total. The van der Waals surface area contributed by atoms with E-state index in [-0.39, 0.29) is 10.4 Å². The topological polar surface area (TPSA) is 50.3 Å². The van der Waals surface area contributed by atoms with E-state index in [2.05, 4.69) is 4.98 Å². The smallest absolute Gasteiger partial charge is 0.224 e. The van der Waals surface area contributed by atoms with Crippen molar-refractivity contribution in [3.8, 4) is 0 Å². The van der Waals surface area contributed by atoms with Gasteiger partial charge in [-0.05, 0) is 43.9 Å². The maximum Gasteiger partial charge on any atom is 0.279 e. The number of thiazole rings is 1. The van der Waals surface area contributed by atoms with Gasteiger partial charge in [0.25, 0.3) is 10.0 Å². The average molecular weight is 445 g/mol. The summed E-state index contributed by atoms with van der Waals surface area (Å²) in [4.78, 5) is 4.45. The van der Waals surface area contributed by atoms with Gasteiger partial charge in [-0.1, -0.05) is 62.1 Å². The van der Waals surface area contributed by atoms with Gasteiger partial charge in [-0.15, -0.1) is 15.0 Å². The molecule has 0 radical (unpaired) electrons. The van der Waals surface area contributed by atoms with Crippen LogP contribution in [-0.4, -0.2) is 28.4 Å². The molecule has 0 spiro atoms. The Labute approximate surface area is 174 Å². The number of sulfonamides is 1. The molecule has 0 amide bonds. The van der Waals surface area contributed by atoms with Crippen LogP contribution >= 0.6 is 34.9 Å². The molecule has 0 aliphatic heterocycles. The summed E-state index contributed by atoms with van der Waals surface area (Å²) < 4.78 is 30.0. The minimum Gasteiger partial charge on any atom is -0.224 e. The second-order valence-electron chi connectivity index (χ2n) is 7.51. The van der Waals surface area contributed by atoms with Crippen molar-refractivity contribution in [3.05, 3.63) is 23.2 Å². The van der Waals surface area contributed by atoms with Crippen molar-refractivity contribution < 1.29 is 8.42 Å². The summed E-state index contributed by atoms with van der Waals surface area (Å²) in [5.41, 5.74) is 0.664. The van der Waals surface area contributed by atoms with Gasteiger partial charge in [0.1, 0.15) is 0 Å². The Morgan fingerprint density at radius 3 is 2.41 bits per heavy atom. The highest BCUT2D eigenvalue weighted by molar-refractivity contribution is 8.09. The lowest BCUT2D eigenvalue weighted by molar-refractivity contribution is 0.343. The summed E-state index contributed by atoms with van der Waals surface area (Å²) >= 11 is 8.88. The lowest BCUT2D eigenvalue weighted by Crippen LogP contribution is -2.38. The van der Waals surface area contributed by atoms with Crippen LogP contribution in [0.15, 0.2) is 22.5 Å². The molecule has 1 aromatic heterocycles. The van der Waals surface area contributed by atoms with Gasteiger partial charge in [-0.3, -0.25) is 0 Å². The van der Waals surface area contributed by atoms with Gasteiger partial charge in [0, 0.05) is 16.3 Å². The summed E-state index contributed by atoms with van der Waals surface area (Å²) in [6, 6.07) is 5.47. The van der Waals surface area contributed by atoms with Gasteiger partial charge in [0.2, 0.25) is 4.34 Å². The highest BCUT2D eigenvalue weighted by atomic mass is 35.5. The predicted molar refractivity (Wildman–Crippen MR) is 115 cm³/mol. The van der Waals surface area contributed by atoms with Crippen LogP contribution in [0.25, 0.3) is 10.2 Å². The van der Waals surface area contributed by atoms with Gasteiger partial charge in [-0.25, -0.2) is 13.4 Å². The number of benzene rings is 1. The van der Waals surface area contributed by atoms with E-state index in [1.54, 1.807) is 27.8 Å². The van der Waals surface area contributed by atoms with Crippen LogP contribution in [0.3, 0.4) is 0 Å². The monoisotopic (exact) mass is 444 g/mol. The molecular formula is C19H25ClN2O2S3. The minimum absolute atomic E-state index is 0.0891. The van der Waals surface area contributed by atoms with Gasteiger partial charge < -0.3 is 0 Å². The summed E-state index contributed by atoms with van der Waals surface area (Å²) in [6.45, 7) is 0. The third-order valence-electron chi connectivity index (χ3n) is 5.47. The van der Waals surface area contributed by atoms with Crippen LogP contribution in [0.2, 0.25) is 5.02 Å². The number of nitrogens with zero attached hydrogens (tertiary/aromatic N) is 2. The molecule has 27 heavy (non-hydrogen) atoms. The van der Waals surface area contributed by atoms with Crippen LogP contribution in [-0.2, 0) is 10.0 Å². The zero-order chi connectivity index (χ0) is 18.9. The molecule has 4 rings (SSSR count). The minimum atomic E-state index is -3.61. The largest absolute Gasteiger partial charge is 0.279 e. The number of hydrogen-bond acceptors (Lipinski definition) is 5.